The maximum atomic E-state index is 9.85. The van der Waals surface area contributed by atoms with E-state index in [4.69, 9.17) is 0 Å². The molecule has 19 heavy (non-hydrogen) atoms. The minimum Gasteiger partial charge on any atom is -0.507 e. The molecule has 0 atom stereocenters. The first-order chi connectivity index (χ1) is 8.91. The fourth-order valence-electron chi connectivity index (χ4n) is 2.02. The van der Waals surface area contributed by atoms with E-state index in [0.29, 0.717) is 4.70 Å². The summed E-state index contributed by atoms with van der Waals surface area (Å²) in [6.07, 6.45) is 0. The van der Waals surface area contributed by atoms with Crippen molar-refractivity contribution in [1.29, 1.82) is 0 Å². The molecule has 0 bridgehead atoms. The van der Waals surface area contributed by atoms with Gasteiger partial charge in [0.1, 0.15) is 5.75 Å². The number of benzene rings is 2. The molecule has 6 N–H and O–H groups in total. The van der Waals surface area contributed by atoms with Gasteiger partial charge in [0, 0.05) is 16.8 Å². The quantitative estimate of drug-likeness (QED) is 0.277. The number of rotatable bonds is 0. The molecule has 0 aliphatic carbocycles. The van der Waals surface area contributed by atoms with Gasteiger partial charge in [-0.25, -0.2) is 0 Å². The lowest BCUT2D eigenvalue weighted by atomic mass is 10.1. The number of hydrogen-bond acceptors (Lipinski definition) is 7. The lowest BCUT2D eigenvalue weighted by Crippen LogP contribution is -1.75. The molecule has 3 rings (SSSR count). The third-order valence-electron chi connectivity index (χ3n) is 2.89. The molecule has 3 aromatic rings. The Morgan fingerprint density at radius 3 is 1.95 bits per heavy atom. The predicted octanol–water partition coefficient (Wildman–Crippen LogP) is 2.29. The van der Waals surface area contributed by atoms with Crippen LogP contribution in [0.25, 0.3) is 20.2 Å². The zero-order valence-electron chi connectivity index (χ0n) is 9.25. The maximum Gasteiger partial charge on any atom is 0.201 e. The van der Waals surface area contributed by atoms with Gasteiger partial charge in [0.15, 0.2) is 23.0 Å². The molecule has 6 nitrogen and oxygen atoms in total. The van der Waals surface area contributed by atoms with Crippen molar-refractivity contribution in [2.24, 2.45) is 0 Å². The summed E-state index contributed by atoms with van der Waals surface area (Å²) in [6, 6.07) is 2.14. The number of fused-ring (bicyclic) bond motifs is 3. The highest BCUT2D eigenvalue weighted by Gasteiger charge is 2.22. The summed E-state index contributed by atoms with van der Waals surface area (Å²) in [4.78, 5) is 0. The summed E-state index contributed by atoms with van der Waals surface area (Å²) >= 11 is 0.953. The third-order valence-corrected chi connectivity index (χ3v) is 4.04. The Hall–Kier alpha value is -2.54. The van der Waals surface area contributed by atoms with Crippen molar-refractivity contribution in [1.82, 2.24) is 0 Å². The molecule has 1 heterocycles. The first-order valence-corrected chi connectivity index (χ1v) is 5.97. The minimum atomic E-state index is -0.709. The molecule has 0 saturated carbocycles. The van der Waals surface area contributed by atoms with Crippen LogP contribution in [0.4, 0.5) is 0 Å². The molecule has 0 aliphatic rings. The van der Waals surface area contributed by atoms with Gasteiger partial charge in [-0.3, -0.25) is 0 Å². The van der Waals surface area contributed by atoms with Gasteiger partial charge in [0.2, 0.25) is 5.75 Å². The lowest BCUT2D eigenvalue weighted by molar-refractivity contribution is 0.371. The largest absolute Gasteiger partial charge is 0.507 e. The molecule has 1 aromatic heterocycles. The van der Waals surface area contributed by atoms with Crippen LogP contribution in [0.15, 0.2) is 12.1 Å². The van der Waals surface area contributed by atoms with E-state index in [-0.39, 0.29) is 21.2 Å². The number of hydrogen-bond donors (Lipinski definition) is 6. The number of aromatic hydroxyl groups is 6. The Kier molecular flexibility index (Phi) is 2.12. The number of thiophene rings is 1. The van der Waals surface area contributed by atoms with Crippen LogP contribution in [0.5, 0.6) is 34.5 Å². The molecule has 0 aliphatic heterocycles. The molecule has 98 valence electrons. The Morgan fingerprint density at radius 1 is 0.632 bits per heavy atom. The molecule has 7 heteroatoms. The van der Waals surface area contributed by atoms with Crippen molar-refractivity contribution < 1.29 is 30.6 Å². The van der Waals surface area contributed by atoms with Gasteiger partial charge in [0.25, 0.3) is 0 Å². The Balaban J connectivity index is 2.66. The van der Waals surface area contributed by atoms with Gasteiger partial charge >= 0.3 is 0 Å². The fourth-order valence-corrected chi connectivity index (χ4v) is 3.22. The van der Waals surface area contributed by atoms with E-state index < -0.39 is 28.7 Å². The molecule has 0 saturated heterocycles. The van der Waals surface area contributed by atoms with E-state index in [1.807, 2.05) is 0 Å². The van der Waals surface area contributed by atoms with E-state index >= 15 is 0 Å². The minimum absolute atomic E-state index is 0.100. The van der Waals surface area contributed by atoms with Crippen molar-refractivity contribution in [2.45, 2.75) is 0 Å². The van der Waals surface area contributed by atoms with Crippen molar-refractivity contribution in [3.63, 3.8) is 0 Å². The monoisotopic (exact) mass is 280 g/mol. The van der Waals surface area contributed by atoms with E-state index in [2.05, 4.69) is 0 Å². The Labute approximate surface area is 109 Å². The zero-order valence-corrected chi connectivity index (χ0v) is 10.1. The predicted molar refractivity (Wildman–Crippen MR) is 69.3 cm³/mol. The van der Waals surface area contributed by atoms with Crippen LogP contribution in [0.1, 0.15) is 0 Å². The number of phenols is 6. The molecular weight excluding hydrogens is 272 g/mol. The Bertz CT molecular complexity index is 836. The van der Waals surface area contributed by atoms with Crippen molar-refractivity contribution in [2.75, 3.05) is 0 Å². The molecule has 0 unspecified atom stereocenters. The van der Waals surface area contributed by atoms with Crippen molar-refractivity contribution in [3.8, 4) is 34.5 Å². The van der Waals surface area contributed by atoms with Gasteiger partial charge in [-0.15, -0.1) is 11.3 Å². The first kappa shape index (κ1) is 11.5. The van der Waals surface area contributed by atoms with Gasteiger partial charge in [-0.05, 0) is 0 Å². The van der Waals surface area contributed by atoms with Gasteiger partial charge < -0.3 is 30.6 Å². The van der Waals surface area contributed by atoms with Gasteiger partial charge in [0.05, 0.1) is 15.5 Å². The van der Waals surface area contributed by atoms with Crippen LogP contribution in [0, 0.1) is 0 Å². The van der Waals surface area contributed by atoms with Crippen LogP contribution in [-0.4, -0.2) is 30.6 Å². The highest BCUT2D eigenvalue weighted by atomic mass is 32.1. The van der Waals surface area contributed by atoms with Crippen LogP contribution in [-0.2, 0) is 0 Å². The smallest absolute Gasteiger partial charge is 0.201 e. The van der Waals surface area contributed by atoms with Crippen LogP contribution in [0.2, 0.25) is 0 Å². The first-order valence-electron chi connectivity index (χ1n) is 5.15. The average Bonchev–Trinajstić information content (AvgIpc) is 2.73. The average molecular weight is 280 g/mol. The van der Waals surface area contributed by atoms with Crippen molar-refractivity contribution >= 4 is 31.5 Å². The SMILES string of the molecule is Oc1cc2sc3c(O)c(O)cc(O)c3c2c(O)c1O. The molecule has 0 spiro atoms. The highest BCUT2D eigenvalue weighted by molar-refractivity contribution is 7.26. The summed E-state index contributed by atoms with van der Waals surface area (Å²) in [6.45, 7) is 0. The maximum absolute atomic E-state index is 9.85. The standard InChI is InChI=1S/C12H8O6S/c13-3-1-4(14)10(17)12-7(3)8-6(19-12)2-5(15)9(16)11(8)18/h1-2,13-18H. The summed E-state index contributed by atoms with van der Waals surface area (Å²) in [7, 11) is 0. The summed E-state index contributed by atoms with van der Waals surface area (Å²) in [5, 5.41) is 58.0. The second kappa shape index (κ2) is 3.48. The Morgan fingerprint density at radius 2 is 1.26 bits per heavy atom. The van der Waals surface area contributed by atoms with E-state index in [1.54, 1.807) is 0 Å². The van der Waals surface area contributed by atoms with Crippen molar-refractivity contribution in [3.05, 3.63) is 12.1 Å². The lowest BCUT2D eigenvalue weighted by Gasteiger charge is -2.04. The van der Waals surface area contributed by atoms with E-state index in [1.165, 1.54) is 6.07 Å². The third kappa shape index (κ3) is 1.36. The van der Waals surface area contributed by atoms with Gasteiger partial charge in [-0.1, -0.05) is 0 Å². The second-order valence-corrected chi connectivity index (χ2v) is 5.09. The second-order valence-electron chi connectivity index (χ2n) is 4.04. The molecule has 0 radical (unpaired) electrons. The summed E-state index contributed by atoms with van der Waals surface area (Å²) in [5.74, 6) is -3.10. The van der Waals surface area contributed by atoms with E-state index in [0.717, 1.165) is 17.4 Å². The van der Waals surface area contributed by atoms with Gasteiger partial charge in [-0.2, -0.15) is 0 Å². The zero-order chi connectivity index (χ0) is 13.9. The van der Waals surface area contributed by atoms with Crippen LogP contribution in [0.3, 0.4) is 0 Å². The fraction of sp³-hybridized carbons (Fsp3) is 0. The highest BCUT2D eigenvalue weighted by Crippen LogP contribution is 2.53. The van der Waals surface area contributed by atoms with Crippen LogP contribution >= 0.6 is 11.3 Å². The topological polar surface area (TPSA) is 121 Å². The molecule has 2 aromatic carbocycles. The summed E-state index contributed by atoms with van der Waals surface area (Å²) < 4.78 is 0.492. The summed E-state index contributed by atoms with van der Waals surface area (Å²) in [5.41, 5.74) is 0. The number of phenolic OH excluding ortho intramolecular Hbond substituents is 6. The van der Waals surface area contributed by atoms with Crippen LogP contribution < -0.4 is 0 Å². The normalized spacial score (nSPS) is 11.4. The van der Waals surface area contributed by atoms with E-state index in [9.17, 15) is 30.6 Å². The molecule has 0 fully saturated rings. The molecular formula is C12H8O6S. The molecule has 0 amide bonds.